The van der Waals surface area contributed by atoms with E-state index in [-0.39, 0.29) is 30.0 Å². The molecule has 2 saturated carbocycles. The summed E-state index contributed by atoms with van der Waals surface area (Å²) in [6.45, 7) is 3.67. The number of nitrogens with one attached hydrogen (secondary N) is 3. The molecule has 8 atom stereocenters. The quantitative estimate of drug-likeness (QED) is 0.715. The zero-order chi connectivity index (χ0) is 18.1. The van der Waals surface area contributed by atoms with Crippen molar-refractivity contribution in [2.75, 3.05) is 13.3 Å². The van der Waals surface area contributed by atoms with E-state index >= 15 is 0 Å². The van der Waals surface area contributed by atoms with Gasteiger partial charge in [-0.25, -0.2) is 4.39 Å². The lowest BCUT2D eigenvalue weighted by Gasteiger charge is -2.37. The van der Waals surface area contributed by atoms with Crippen molar-refractivity contribution in [3.05, 3.63) is 0 Å². The first-order valence-electron chi connectivity index (χ1n) is 10.6. The largest absolute Gasteiger partial charge is 0.366 e. The molecule has 2 saturated heterocycles. The molecule has 0 aromatic carbocycles. The third kappa shape index (κ3) is 3.92. The lowest BCUT2D eigenvalue weighted by molar-refractivity contribution is -0.124. The normalized spacial score (nSPS) is 46.5. The van der Waals surface area contributed by atoms with Gasteiger partial charge in [0.05, 0.1) is 12.8 Å². The molecule has 0 spiro atoms. The number of fused-ring (bicyclic) bond motifs is 1. The summed E-state index contributed by atoms with van der Waals surface area (Å²) in [6, 6.07) is 0.725. The average molecular weight is 368 g/mol. The summed E-state index contributed by atoms with van der Waals surface area (Å²) in [5.41, 5.74) is 0. The molecule has 0 bridgehead atoms. The first-order chi connectivity index (χ1) is 12.6. The van der Waals surface area contributed by atoms with Crippen molar-refractivity contribution in [3.63, 3.8) is 0 Å². The Morgan fingerprint density at radius 2 is 2.04 bits per heavy atom. The number of alkyl halides is 1. The molecule has 2 aliphatic heterocycles. The van der Waals surface area contributed by atoms with Crippen LogP contribution in [-0.2, 0) is 9.53 Å². The molecule has 2 aliphatic carbocycles. The Hall–Kier alpha value is -0.720. The molecule has 0 aromatic heterocycles. The second kappa shape index (κ2) is 8.11. The fourth-order valence-corrected chi connectivity index (χ4v) is 5.78. The minimum Gasteiger partial charge on any atom is -0.366 e. The van der Waals surface area contributed by atoms with E-state index in [9.17, 15) is 9.18 Å². The minimum absolute atomic E-state index is 0.0139. The number of amides is 1. The van der Waals surface area contributed by atoms with Gasteiger partial charge in [0, 0.05) is 30.7 Å². The first kappa shape index (κ1) is 18.6. The zero-order valence-corrected chi connectivity index (χ0v) is 15.9. The lowest BCUT2D eigenvalue weighted by atomic mass is 9.77. The fraction of sp³-hybridized carbons (Fsp3) is 0.950. The standard InChI is InChI=1S/C20H34FN3O2/c1-12-5-6-16(21)15-10-18(24-19(12)15)20(25)23-14-4-2-3-13(9-14)17-7-8-26-11-22-17/h12-19,22,24H,2-11H2,1H3,(H,23,25). The Morgan fingerprint density at radius 1 is 1.15 bits per heavy atom. The van der Waals surface area contributed by atoms with Crippen molar-refractivity contribution < 1.29 is 13.9 Å². The highest BCUT2D eigenvalue weighted by Gasteiger charge is 2.46. The van der Waals surface area contributed by atoms with Crippen LogP contribution < -0.4 is 16.0 Å². The number of carbonyl (C=O) groups excluding carboxylic acids is 1. The molecule has 8 unspecified atom stereocenters. The SMILES string of the molecule is CC1CCC(F)C2CC(C(=O)NC3CCCC(C4CCOCN4)C3)NC12. The molecular formula is C20H34FN3O2. The van der Waals surface area contributed by atoms with Crippen molar-refractivity contribution in [3.8, 4) is 0 Å². The molecule has 6 heteroatoms. The lowest BCUT2D eigenvalue weighted by Crippen LogP contribution is -2.51. The van der Waals surface area contributed by atoms with Gasteiger partial charge in [-0.15, -0.1) is 0 Å². The smallest absolute Gasteiger partial charge is 0.237 e. The topological polar surface area (TPSA) is 62.4 Å². The molecule has 2 heterocycles. The molecule has 26 heavy (non-hydrogen) atoms. The zero-order valence-electron chi connectivity index (χ0n) is 15.9. The number of hydrogen-bond donors (Lipinski definition) is 3. The maximum Gasteiger partial charge on any atom is 0.237 e. The maximum atomic E-state index is 14.3. The van der Waals surface area contributed by atoms with Gasteiger partial charge in [0.2, 0.25) is 5.91 Å². The summed E-state index contributed by atoms with van der Waals surface area (Å²) in [6.07, 6.45) is 7.05. The van der Waals surface area contributed by atoms with Crippen molar-refractivity contribution >= 4 is 5.91 Å². The summed E-state index contributed by atoms with van der Waals surface area (Å²) in [7, 11) is 0. The van der Waals surface area contributed by atoms with Gasteiger partial charge >= 0.3 is 0 Å². The minimum atomic E-state index is -0.750. The summed E-state index contributed by atoms with van der Waals surface area (Å²) >= 11 is 0. The fourth-order valence-electron chi connectivity index (χ4n) is 5.78. The van der Waals surface area contributed by atoms with E-state index in [1.807, 2.05) is 0 Å². The van der Waals surface area contributed by atoms with Crippen LogP contribution in [0.15, 0.2) is 0 Å². The highest BCUT2D eigenvalue weighted by atomic mass is 19.1. The third-order valence-corrected chi connectivity index (χ3v) is 7.31. The molecule has 4 rings (SSSR count). The Balaban J connectivity index is 1.30. The van der Waals surface area contributed by atoms with Crippen LogP contribution in [-0.4, -0.2) is 49.6 Å². The Bertz CT molecular complexity index is 481. The van der Waals surface area contributed by atoms with Crippen LogP contribution in [0.4, 0.5) is 4.39 Å². The number of ether oxygens (including phenoxy) is 1. The second-order valence-corrected chi connectivity index (χ2v) is 9.00. The van der Waals surface area contributed by atoms with Gasteiger partial charge in [-0.1, -0.05) is 13.3 Å². The maximum absolute atomic E-state index is 14.3. The molecule has 0 radical (unpaired) electrons. The van der Waals surface area contributed by atoms with Crippen LogP contribution >= 0.6 is 0 Å². The molecule has 4 fully saturated rings. The van der Waals surface area contributed by atoms with Gasteiger partial charge in [0.1, 0.15) is 6.17 Å². The van der Waals surface area contributed by atoms with Crippen LogP contribution in [0.5, 0.6) is 0 Å². The highest BCUT2D eigenvalue weighted by Crippen LogP contribution is 2.38. The molecule has 4 aliphatic rings. The predicted molar refractivity (Wildman–Crippen MR) is 98.4 cm³/mol. The number of rotatable bonds is 3. The van der Waals surface area contributed by atoms with E-state index < -0.39 is 6.17 Å². The van der Waals surface area contributed by atoms with Gasteiger partial charge in [-0.2, -0.15) is 0 Å². The number of carbonyl (C=O) groups is 1. The van der Waals surface area contributed by atoms with Crippen LogP contribution in [0.25, 0.3) is 0 Å². The van der Waals surface area contributed by atoms with Gasteiger partial charge in [-0.05, 0) is 56.8 Å². The van der Waals surface area contributed by atoms with Gasteiger partial charge in [0.25, 0.3) is 0 Å². The molecule has 1 amide bonds. The molecule has 3 N–H and O–H groups in total. The Morgan fingerprint density at radius 3 is 2.81 bits per heavy atom. The number of hydrogen-bond acceptors (Lipinski definition) is 4. The van der Waals surface area contributed by atoms with Gasteiger partial charge in [0.15, 0.2) is 0 Å². The van der Waals surface area contributed by atoms with Crippen LogP contribution in [0.3, 0.4) is 0 Å². The molecule has 0 aromatic rings. The van der Waals surface area contributed by atoms with Crippen molar-refractivity contribution in [2.24, 2.45) is 17.8 Å². The Labute approximate surface area is 156 Å². The van der Waals surface area contributed by atoms with Crippen molar-refractivity contribution in [2.45, 2.75) is 88.6 Å². The summed E-state index contributed by atoms with van der Waals surface area (Å²) in [5.74, 6) is 1.18. The third-order valence-electron chi connectivity index (χ3n) is 7.31. The highest BCUT2D eigenvalue weighted by molar-refractivity contribution is 5.82. The van der Waals surface area contributed by atoms with E-state index in [0.29, 0.717) is 37.5 Å². The van der Waals surface area contributed by atoms with Gasteiger partial charge < -0.3 is 15.4 Å². The monoisotopic (exact) mass is 367 g/mol. The number of halogens is 1. The molecule has 5 nitrogen and oxygen atoms in total. The van der Waals surface area contributed by atoms with E-state index in [0.717, 1.165) is 32.3 Å². The van der Waals surface area contributed by atoms with Crippen molar-refractivity contribution in [1.82, 2.24) is 16.0 Å². The van der Waals surface area contributed by atoms with E-state index in [2.05, 4.69) is 22.9 Å². The van der Waals surface area contributed by atoms with Crippen LogP contribution in [0, 0.1) is 17.8 Å². The van der Waals surface area contributed by atoms with Crippen LogP contribution in [0.1, 0.15) is 58.3 Å². The van der Waals surface area contributed by atoms with Crippen LogP contribution in [0.2, 0.25) is 0 Å². The average Bonchev–Trinajstić information content (AvgIpc) is 3.13. The molecule has 148 valence electrons. The first-order valence-corrected chi connectivity index (χ1v) is 10.6. The summed E-state index contributed by atoms with van der Waals surface area (Å²) in [4.78, 5) is 12.8. The summed E-state index contributed by atoms with van der Waals surface area (Å²) < 4.78 is 19.7. The van der Waals surface area contributed by atoms with E-state index in [1.54, 1.807) is 0 Å². The molecular weight excluding hydrogens is 333 g/mol. The van der Waals surface area contributed by atoms with E-state index in [1.165, 1.54) is 12.8 Å². The van der Waals surface area contributed by atoms with E-state index in [4.69, 9.17) is 4.74 Å². The van der Waals surface area contributed by atoms with Gasteiger partial charge in [-0.3, -0.25) is 10.1 Å². The Kier molecular flexibility index (Phi) is 5.81. The second-order valence-electron chi connectivity index (χ2n) is 9.00. The predicted octanol–water partition coefficient (Wildman–Crippen LogP) is 2.11. The summed E-state index contributed by atoms with van der Waals surface area (Å²) in [5, 5.41) is 10.2. The van der Waals surface area contributed by atoms with Crippen molar-refractivity contribution in [1.29, 1.82) is 0 Å².